The molecule has 1 aromatic carbocycles. The molecule has 120 valence electrons. The second-order valence-electron chi connectivity index (χ2n) is 6.09. The minimum absolute atomic E-state index is 0.0381. The second-order valence-corrected chi connectivity index (χ2v) is 7.63. The fraction of sp³-hybridized carbons (Fsp3) is 0.353. The number of anilines is 1. The van der Waals surface area contributed by atoms with Crippen molar-refractivity contribution in [2.45, 2.75) is 26.1 Å². The lowest BCUT2D eigenvalue weighted by atomic mass is 10.0. The number of fused-ring (bicyclic) bond motifs is 3. The minimum Gasteiger partial charge on any atom is -0.353 e. The number of hydrogen-bond donors (Lipinski definition) is 3. The van der Waals surface area contributed by atoms with Crippen LogP contribution in [0.2, 0.25) is 5.02 Å². The van der Waals surface area contributed by atoms with Crippen molar-refractivity contribution >= 4 is 33.8 Å². The van der Waals surface area contributed by atoms with Crippen molar-refractivity contribution in [2.75, 3.05) is 18.4 Å². The number of benzene rings is 1. The summed E-state index contributed by atoms with van der Waals surface area (Å²) in [6.07, 6.45) is 0.799. The number of likely N-dealkylation sites (N-methyl/N-ethyl adjacent to an activating group) is 1. The molecule has 1 amide bonds. The van der Waals surface area contributed by atoms with Crippen LogP contribution in [0.1, 0.15) is 39.5 Å². The molecule has 2 atom stereocenters. The fourth-order valence-electron chi connectivity index (χ4n) is 3.37. The highest BCUT2D eigenvalue weighted by molar-refractivity contribution is 7.16. The van der Waals surface area contributed by atoms with Gasteiger partial charge in [-0.3, -0.25) is 4.79 Å². The zero-order valence-corrected chi connectivity index (χ0v) is 14.5. The van der Waals surface area contributed by atoms with Gasteiger partial charge in [-0.1, -0.05) is 23.7 Å². The summed E-state index contributed by atoms with van der Waals surface area (Å²) < 4.78 is 0. The zero-order chi connectivity index (χ0) is 16.0. The molecule has 3 N–H and O–H groups in total. The Kier molecular flexibility index (Phi) is 3.79. The average molecular weight is 349 g/mol. The molecule has 0 aliphatic carbocycles. The van der Waals surface area contributed by atoms with E-state index in [-0.39, 0.29) is 12.1 Å². The molecular formula is C17H19ClN3OS+. The number of carbonyl (C=O) groups is 1. The van der Waals surface area contributed by atoms with Gasteiger partial charge in [-0.2, -0.15) is 0 Å². The molecule has 2 aliphatic rings. The van der Waals surface area contributed by atoms with E-state index in [4.69, 9.17) is 11.6 Å². The number of hydrogen-bond acceptors (Lipinski definition) is 3. The van der Waals surface area contributed by atoms with Crippen LogP contribution in [0.3, 0.4) is 0 Å². The maximum Gasteiger partial charge on any atom is 0.256 e. The maximum atomic E-state index is 12.6. The van der Waals surface area contributed by atoms with Gasteiger partial charge < -0.3 is 15.5 Å². The Morgan fingerprint density at radius 2 is 2.09 bits per heavy atom. The summed E-state index contributed by atoms with van der Waals surface area (Å²) in [6, 6.07) is 7.59. The van der Waals surface area contributed by atoms with Gasteiger partial charge in [0.1, 0.15) is 17.7 Å². The van der Waals surface area contributed by atoms with Crippen LogP contribution >= 0.6 is 22.9 Å². The molecule has 0 bridgehead atoms. The van der Waals surface area contributed by atoms with Crippen molar-refractivity contribution in [2.24, 2.45) is 0 Å². The number of carbonyl (C=O) groups excluding carboxylic acids is 1. The van der Waals surface area contributed by atoms with Gasteiger partial charge in [0.15, 0.2) is 0 Å². The van der Waals surface area contributed by atoms with Gasteiger partial charge in [0.05, 0.1) is 23.5 Å². The van der Waals surface area contributed by atoms with Gasteiger partial charge in [0.25, 0.3) is 5.91 Å². The topological polar surface area (TPSA) is 45.6 Å². The SMILES string of the molecule is CC[NH+]1CCc2c(sc3c2C(=O)N[C@H](c2ccc(Cl)cc2)N3)C1. The second kappa shape index (κ2) is 5.82. The van der Waals surface area contributed by atoms with Crippen LogP contribution in [0.5, 0.6) is 0 Å². The summed E-state index contributed by atoms with van der Waals surface area (Å²) >= 11 is 7.69. The monoisotopic (exact) mass is 348 g/mol. The summed E-state index contributed by atoms with van der Waals surface area (Å²) in [5, 5.41) is 8.27. The first-order chi connectivity index (χ1) is 11.2. The van der Waals surface area contributed by atoms with E-state index in [9.17, 15) is 4.79 Å². The summed E-state index contributed by atoms with van der Waals surface area (Å²) in [5.41, 5.74) is 3.13. The van der Waals surface area contributed by atoms with E-state index in [1.807, 2.05) is 24.3 Å². The number of thiophene rings is 1. The smallest absolute Gasteiger partial charge is 0.256 e. The Labute approximate surface area is 144 Å². The van der Waals surface area contributed by atoms with Crippen LogP contribution in [0.4, 0.5) is 5.00 Å². The molecule has 0 fully saturated rings. The van der Waals surface area contributed by atoms with Crippen LogP contribution in [0.25, 0.3) is 0 Å². The molecular weight excluding hydrogens is 330 g/mol. The summed E-state index contributed by atoms with van der Waals surface area (Å²) in [4.78, 5) is 15.6. The molecule has 0 spiro atoms. The summed E-state index contributed by atoms with van der Waals surface area (Å²) in [7, 11) is 0. The highest BCUT2D eigenvalue weighted by Gasteiger charge is 2.34. The zero-order valence-electron chi connectivity index (χ0n) is 12.9. The lowest BCUT2D eigenvalue weighted by Crippen LogP contribution is -3.11. The van der Waals surface area contributed by atoms with Crippen LogP contribution in [-0.2, 0) is 13.0 Å². The van der Waals surface area contributed by atoms with Crippen molar-refractivity contribution in [1.29, 1.82) is 0 Å². The lowest BCUT2D eigenvalue weighted by Gasteiger charge is -2.27. The third kappa shape index (κ3) is 2.63. The van der Waals surface area contributed by atoms with Crippen LogP contribution in [0, 0.1) is 0 Å². The van der Waals surface area contributed by atoms with Crippen molar-refractivity contribution in [3.05, 3.63) is 50.9 Å². The average Bonchev–Trinajstić information content (AvgIpc) is 2.93. The van der Waals surface area contributed by atoms with Crippen LogP contribution in [0.15, 0.2) is 24.3 Å². The molecule has 3 heterocycles. The van der Waals surface area contributed by atoms with E-state index in [2.05, 4.69) is 17.6 Å². The number of nitrogens with one attached hydrogen (secondary N) is 3. The van der Waals surface area contributed by atoms with E-state index in [0.717, 1.165) is 42.2 Å². The molecule has 1 unspecified atom stereocenters. The normalized spacial score (nSPS) is 22.8. The largest absolute Gasteiger partial charge is 0.353 e. The summed E-state index contributed by atoms with van der Waals surface area (Å²) in [6.45, 7) is 5.50. The van der Waals surface area contributed by atoms with Gasteiger partial charge in [0.2, 0.25) is 0 Å². The first kappa shape index (κ1) is 15.0. The third-order valence-electron chi connectivity index (χ3n) is 4.71. The molecule has 6 heteroatoms. The molecule has 0 radical (unpaired) electrons. The van der Waals surface area contributed by atoms with Crippen LogP contribution in [-0.4, -0.2) is 19.0 Å². The summed E-state index contributed by atoms with van der Waals surface area (Å²) in [5.74, 6) is 0.0381. The third-order valence-corrected chi connectivity index (χ3v) is 6.13. The Bertz CT molecular complexity index is 756. The van der Waals surface area contributed by atoms with Gasteiger partial charge in [0, 0.05) is 11.4 Å². The number of quaternary nitrogens is 1. The molecule has 0 saturated heterocycles. The first-order valence-corrected chi connectivity index (χ1v) is 9.16. The van der Waals surface area contributed by atoms with Gasteiger partial charge in [-0.05, 0) is 30.2 Å². The highest BCUT2D eigenvalue weighted by Crippen LogP contribution is 2.39. The Hall–Kier alpha value is -1.56. The standard InChI is InChI=1S/C17H18ClN3OS/c1-2-21-8-7-12-13(9-21)23-17-14(12)16(22)19-15(20-17)10-3-5-11(18)6-4-10/h3-6,15,20H,2,7-9H2,1H3,(H,19,22)/p+1/t15-/m0/s1. The number of halogens is 1. The Morgan fingerprint density at radius 3 is 2.83 bits per heavy atom. The molecule has 2 aromatic rings. The van der Waals surface area contributed by atoms with Gasteiger partial charge in [-0.15, -0.1) is 11.3 Å². The van der Waals surface area contributed by atoms with Crippen LogP contribution < -0.4 is 15.5 Å². The van der Waals surface area contributed by atoms with Gasteiger partial charge in [-0.25, -0.2) is 0 Å². The first-order valence-electron chi connectivity index (χ1n) is 7.96. The number of rotatable bonds is 2. The highest BCUT2D eigenvalue weighted by atomic mass is 35.5. The molecule has 1 aromatic heterocycles. The molecule has 23 heavy (non-hydrogen) atoms. The predicted molar refractivity (Wildman–Crippen MR) is 93.4 cm³/mol. The van der Waals surface area contributed by atoms with Crippen molar-refractivity contribution in [3.8, 4) is 0 Å². The van der Waals surface area contributed by atoms with Crippen molar-refractivity contribution in [1.82, 2.24) is 5.32 Å². The van der Waals surface area contributed by atoms with Gasteiger partial charge >= 0.3 is 0 Å². The molecule has 4 rings (SSSR count). The van der Waals surface area contributed by atoms with E-state index >= 15 is 0 Å². The van der Waals surface area contributed by atoms with E-state index in [1.165, 1.54) is 10.4 Å². The van der Waals surface area contributed by atoms with E-state index in [1.54, 1.807) is 16.2 Å². The van der Waals surface area contributed by atoms with Crippen molar-refractivity contribution in [3.63, 3.8) is 0 Å². The number of amides is 1. The Balaban J connectivity index is 1.66. The Morgan fingerprint density at radius 1 is 1.30 bits per heavy atom. The maximum absolute atomic E-state index is 12.6. The van der Waals surface area contributed by atoms with E-state index in [0.29, 0.717) is 5.02 Å². The van der Waals surface area contributed by atoms with E-state index < -0.39 is 0 Å². The lowest BCUT2D eigenvalue weighted by molar-refractivity contribution is -0.913. The van der Waals surface area contributed by atoms with Crippen molar-refractivity contribution < 1.29 is 9.69 Å². The quantitative estimate of drug-likeness (QED) is 0.779. The molecule has 2 aliphatic heterocycles. The molecule has 4 nitrogen and oxygen atoms in total. The fourth-order valence-corrected chi connectivity index (χ4v) is 4.84. The minimum atomic E-state index is -0.193. The predicted octanol–water partition coefficient (Wildman–Crippen LogP) is 2.22. The molecule has 0 saturated carbocycles.